The SMILES string of the molecule is O=C(O)c1cccc(C#Cc2ccccc2)c1NCc1ccccc1. The first kappa shape index (κ1) is 16.4. The van der Waals surface area contributed by atoms with Crippen LogP contribution in [0.2, 0.25) is 0 Å². The molecule has 2 N–H and O–H groups in total. The first-order valence-corrected chi connectivity index (χ1v) is 7.95. The van der Waals surface area contributed by atoms with Gasteiger partial charge in [-0.25, -0.2) is 4.79 Å². The summed E-state index contributed by atoms with van der Waals surface area (Å²) in [7, 11) is 0. The molecule has 3 heteroatoms. The highest BCUT2D eigenvalue weighted by atomic mass is 16.4. The van der Waals surface area contributed by atoms with Gasteiger partial charge in [0.05, 0.1) is 11.3 Å². The van der Waals surface area contributed by atoms with E-state index in [2.05, 4.69) is 17.2 Å². The van der Waals surface area contributed by atoms with Crippen LogP contribution in [0.5, 0.6) is 0 Å². The number of rotatable bonds is 4. The number of benzene rings is 3. The molecule has 0 aliphatic heterocycles. The quantitative estimate of drug-likeness (QED) is 0.699. The van der Waals surface area contributed by atoms with Crippen molar-refractivity contribution in [2.24, 2.45) is 0 Å². The number of carbonyl (C=O) groups is 1. The lowest BCUT2D eigenvalue weighted by Gasteiger charge is -2.12. The van der Waals surface area contributed by atoms with E-state index in [0.29, 0.717) is 17.8 Å². The van der Waals surface area contributed by atoms with Crippen molar-refractivity contribution >= 4 is 11.7 Å². The van der Waals surface area contributed by atoms with Crippen molar-refractivity contribution in [1.82, 2.24) is 0 Å². The molecule has 0 aliphatic carbocycles. The summed E-state index contributed by atoms with van der Waals surface area (Å²) >= 11 is 0. The number of aromatic carboxylic acids is 1. The van der Waals surface area contributed by atoms with Gasteiger partial charge in [0, 0.05) is 17.7 Å². The topological polar surface area (TPSA) is 49.3 Å². The third-order valence-corrected chi connectivity index (χ3v) is 3.72. The molecule has 0 radical (unpaired) electrons. The highest BCUT2D eigenvalue weighted by Crippen LogP contribution is 2.22. The third kappa shape index (κ3) is 4.27. The average molecular weight is 327 g/mol. The fraction of sp³-hybridized carbons (Fsp3) is 0.0455. The molecule has 0 saturated heterocycles. The Morgan fingerprint density at radius 3 is 2.20 bits per heavy atom. The summed E-state index contributed by atoms with van der Waals surface area (Å²) in [4.78, 5) is 11.6. The second-order valence-corrected chi connectivity index (χ2v) is 5.49. The average Bonchev–Trinajstić information content (AvgIpc) is 2.66. The van der Waals surface area contributed by atoms with E-state index >= 15 is 0 Å². The van der Waals surface area contributed by atoms with E-state index in [4.69, 9.17) is 0 Å². The van der Waals surface area contributed by atoms with Gasteiger partial charge in [0.2, 0.25) is 0 Å². The van der Waals surface area contributed by atoms with Gasteiger partial charge in [-0.1, -0.05) is 66.4 Å². The van der Waals surface area contributed by atoms with Crippen molar-refractivity contribution in [2.75, 3.05) is 5.32 Å². The summed E-state index contributed by atoms with van der Waals surface area (Å²) in [6, 6.07) is 24.6. The molecule has 0 heterocycles. The molecule has 3 aromatic carbocycles. The molecule has 0 amide bonds. The number of carboxylic acid groups (broad SMARTS) is 1. The van der Waals surface area contributed by atoms with Crippen LogP contribution in [0.3, 0.4) is 0 Å². The van der Waals surface area contributed by atoms with E-state index in [1.54, 1.807) is 12.1 Å². The molecule has 25 heavy (non-hydrogen) atoms. The molecule has 0 aliphatic rings. The monoisotopic (exact) mass is 327 g/mol. The predicted molar refractivity (Wildman–Crippen MR) is 99.6 cm³/mol. The van der Waals surface area contributed by atoms with Gasteiger partial charge in [-0.2, -0.15) is 0 Å². The second kappa shape index (κ2) is 7.85. The van der Waals surface area contributed by atoms with Gasteiger partial charge in [0.25, 0.3) is 0 Å². The first-order chi connectivity index (χ1) is 12.2. The van der Waals surface area contributed by atoms with Crippen LogP contribution in [0.15, 0.2) is 78.9 Å². The van der Waals surface area contributed by atoms with Crippen molar-refractivity contribution in [1.29, 1.82) is 0 Å². The minimum atomic E-state index is -0.973. The standard InChI is InChI=1S/C22H17NO2/c24-22(25)20-13-7-12-19(15-14-17-8-3-1-4-9-17)21(20)23-16-18-10-5-2-6-11-18/h1-13,23H,16H2,(H,24,25). The summed E-state index contributed by atoms with van der Waals surface area (Å²) in [6.45, 7) is 0.533. The maximum Gasteiger partial charge on any atom is 0.337 e. The number of carboxylic acids is 1. The van der Waals surface area contributed by atoms with E-state index in [9.17, 15) is 9.90 Å². The Morgan fingerprint density at radius 2 is 1.52 bits per heavy atom. The highest BCUT2D eigenvalue weighted by Gasteiger charge is 2.12. The number of anilines is 1. The minimum Gasteiger partial charge on any atom is -0.478 e. The molecule has 0 unspecified atom stereocenters. The maximum atomic E-state index is 11.6. The number of para-hydroxylation sites is 1. The Labute approximate surface area is 147 Å². The molecule has 3 aromatic rings. The second-order valence-electron chi connectivity index (χ2n) is 5.49. The summed E-state index contributed by atoms with van der Waals surface area (Å²) in [5.74, 6) is 5.19. The van der Waals surface area contributed by atoms with E-state index in [1.165, 1.54) is 0 Å². The molecule has 0 aromatic heterocycles. The Bertz CT molecular complexity index is 922. The molecule has 3 nitrogen and oxygen atoms in total. The molecule has 0 fully saturated rings. The van der Waals surface area contributed by atoms with Gasteiger partial charge in [-0.3, -0.25) is 0 Å². The predicted octanol–water partition coefficient (Wildman–Crippen LogP) is 4.40. The molecular weight excluding hydrogens is 310 g/mol. The van der Waals surface area contributed by atoms with Gasteiger partial charge in [0.1, 0.15) is 0 Å². The van der Waals surface area contributed by atoms with Crippen LogP contribution in [0.4, 0.5) is 5.69 Å². The van der Waals surface area contributed by atoms with E-state index in [1.807, 2.05) is 66.7 Å². The molecule has 0 spiro atoms. The fourth-order valence-corrected chi connectivity index (χ4v) is 2.47. The largest absolute Gasteiger partial charge is 0.478 e. The van der Waals surface area contributed by atoms with Gasteiger partial charge in [0.15, 0.2) is 0 Å². The summed E-state index contributed by atoms with van der Waals surface area (Å²) < 4.78 is 0. The van der Waals surface area contributed by atoms with Crippen LogP contribution in [-0.4, -0.2) is 11.1 Å². The van der Waals surface area contributed by atoms with Crippen molar-refractivity contribution in [3.05, 3.63) is 101 Å². The summed E-state index contributed by atoms with van der Waals surface area (Å²) in [6.07, 6.45) is 0. The van der Waals surface area contributed by atoms with E-state index in [-0.39, 0.29) is 5.56 Å². The Balaban J connectivity index is 1.93. The molecule has 3 rings (SSSR count). The lowest BCUT2D eigenvalue weighted by atomic mass is 10.1. The minimum absolute atomic E-state index is 0.218. The third-order valence-electron chi connectivity index (χ3n) is 3.72. The number of nitrogens with one attached hydrogen (secondary N) is 1. The summed E-state index contributed by atoms with van der Waals surface area (Å²) in [5, 5.41) is 12.7. The van der Waals surface area contributed by atoms with Crippen LogP contribution in [0.25, 0.3) is 0 Å². The first-order valence-electron chi connectivity index (χ1n) is 7.95. The van der Waals surface area contributed by atoms with Crippen LogP contribution in [0.1, 0.15) is 27.0 Å². The highest BCUT2D eigenvalue weighted by molar-refractivity contribution is 5.95. The zero-order valence-electron chi connectivity index (χ0n) is 13.6. The molecule has 0 bridgehead atoms. The fourth-order valence-electron chi connectivity index (χ4n) is 2.47. The Kier molecular flexibility index (Phi) is 5.13. The van der Waals surface area contributed by atoms with Crippen molar-refractivity contribution in [3.8, 4) is 11.8 Å². The summed E-state index contributed by atoms with van der Waals surface area (Å²) in [5.41, 5.74) is 3.39. The van der Waals surface area contributed by atoms with E-state index in [0.717, 1.165) is 11.1 Å². The van der Waals surface area contributed by atoms with Gasteiger partial charge >= 0.3 is 5.97 Å². The maximum absolute atomic E-state index is 11.6. The Morgan fingerprint density at radius 1 is 0.840 bits per heavy atom. The lowest BCUT2D eigenvalue weighted by molar-refractivity contribution is 0.0698. The number of hydrogen-bond donors (Lipinski definition) is 2. The molecule has 122 valence electrons. The van der Waals surface area contributed by atoms with Gasteiger partial charge in [-0.05, 0) is 29.8 Å². The smallest absolute Gasteiger partial charge is 0.337 e. The van der Waals surface area contributed by atoms with Crippen LogP contribution >= 0.6 is 0 Å². The van der Waals surface area contributed by atoms with Crippen LogP contribution in [0, 0.1) is 11.8 Å². The van der Waals surface area contributed by atoms with E-state index < -0.39 is 5.97 Å². The van der Waals surface area contributed by atoms with Gasteiger partial charge in [-0.15, -0.1) is 0 Å². The van der Waals surface area contributed by atoms with Crippen molar-refractivity contribution < 1.29 is 9.90 Å². The van der Waals surface area contributed by atoms with Crippen LogP contribution < -0.4 is 5.32 Å². The van der Waals surface area contributed by atoms with Gasteiger partial charge < -0.3 is 10.4 Å². The van der Waals surface area contributed by atoms with Crippen molar-refractivity contribution in [3.63, 3.8) is 0 Å². The molecule has 0 atom stereocenters. The Hall–Kier alpha value is -3.51. The zero-order valence-corrected chi connectivity index (χ0v) is 13.6. The van der Waals surface area contributed by atoms with Crippen molar-refractivity contribution in [2.45, 2.75) is 6.54 Å². The molecule has 0 saturated carbocycles. The lowest BCUT2D eigenvalue weighted by Crippen LogP contribution is -2.08. The number of hydrogen-bond acceptors (Lipinski definition) is 2. The molecular formula is C22H17NO2. The normalized spacial score (nSPS) is 9.76. The zero-order chi connectivity index (χ0) is 17.5. The van der Waals surface area contributed by atoms with Crippen LogP contribution in [-0.2, 0) is 6.54 Å².